The molecule has 0 saturated heterocycles. The molecule has 2 heteroatoms. The monoisotopic (exact) mass is 153 g/mol. The first kappa shape index (κ1) is 9.82. The lowest BCUT2D eigenvalue weighted by Crippen LogP contribution is -1.98. The Labute approximate surface area is 67.7 Å². The van der Waals surface area contributed by atoms with Crippen molar-refractivity contribution in [3.63, 3.8) is 0 Å². The summed E-state index contributed by atoms with van der Waals surface area (Å²) in [5.41, 5.74) is 7.45. The fourth-order valence-electron chi connectivity index (χ4n) is 0.749. The highest BCUT2D eigenvalue weighted by Gasteiger charge is 1.98. The number of hydrogen-bond donors (Lipinski definition) is 2. The van der Waals surface area contributed by atoms with Crippen molar-refractivity contribution in [1.82, 2.24) is 0 Å². The maximum absolute atomic E-state index is 9.29. The van der Waals surface area contributed by atoms with Crippen LogP contribution in [0.3, 0.4) is 0 Å². The van der Waals surface area contributed by atoms with Crippen LogP contribution in [0.25, 0.3) is 0 Å². The van der Waals surface area contributed by atoms with Crippen LogP contribution in [0.1, 0.15) is 20.8 Å². The topological polar surface area (TPSA) is 46.2 Å². The molecular formula is C9H15NO. The van der Waals surface area contributed by atoms with Gasteiger partial charge in [0.15, 0.2) is 0 Å². The summed E-state index contributed by atoms with van der Waals surface area (Å²) in [7, 11) is 0. The van der Waals surface area contributed by atoms with E-state index in [0.717, 1.165) is 11.1 Å². The van der Waals surface area contributed by atoms with Crippen LogP contribution >= 0.6 is 0 Å². The molecule has 0 spiro atoms. The van der Waals surface area contributed by atoms with Crippen molar-refractivity contribution in [3.05, 3.63) is 35.3 Å². The van der Waals surface area contributed by atoms with E-state index in [-0.39, 0.29) is 5.76 Å². The van der Waals surface area contributed by atoms with Crippen LogP contribution in [0.15, 0.2) is 35.3 Å². The summed E-state index contributed by atoms with van der Waals surface area (Å²) < 4.78 is 0. The van der Waals surface area contributed by atoms with Gasteiger partial charge < -0.3 is 10.8 Å². The van der Waals surface area contributed by atoms with Gasteiger partial charge in [-0.2, -0.15) is 0 Å². The SMILES string of the molecule is C=C(C)/C=C(C)\C(O)=C(\C)N. The van der Waals surface area contributed by atoms with E-state index in [9.17, 15) is 5.11 Å². The Balaban J connectivity index is 4.63. The zero-order valence-electron chi connectivity index (χ0n) is 7.31. The number of nitrogens with two attached hydrogens (primary N) is 1. The van der Waals surface area contributed by atoms with Crippen molar-refractivity contribution in [3.8, 4) is 0 Å². The molecule has 0 aliphatic heterocycles. The molecule has 0 unspecified atom stereocenters. The molecule has 0 atom stereocenters. The van der Waals surface area contributed by atoms with Gasteiger partial charge in [-0.25, -0.2) is 0 Å². The van der Waals surface area contributed by atoms with Crippen molar-refractivity contribution >= 4 is 0 Å². The zero-order valence-corrected chi connectivity index (χ0v) is 7.31. The molecule has 2 nitrogen and oxygen atoms in total. The second-order valence-electron chi connectivity index (χ2n) is 2.71. The lowest BCUT2D eigenvalue weighted by atomic mass is 10.1. The average Bonchev–Trinajstić information content (AvgIpc) is 1.84. The Morgan fingerprint density at radius 1 is 1.36 bits per heavy atom. The minimum Gasteiger partial charge on any atom is -0.506 e. The van der Waals surface area contributed by atoms with Crippen molar-refractivity contribution < 1.29 is 5.11 Å². The Morgan fingerprint density at radius 2 is 1.82 bits per heavy atom. The minimum atomic E-state index is 0.146. The highest BCUT2D eigenvalue weighted by molar-refractivity contribution is 5.31. The van der Waals surface area contributed by atoms with Crippen LogP contribution in [-0.4, -0.2) is 5.11 Å². The van der Waals surface area contributed by atoms with E-state index in [0.29, 0.717) is 5.70 Å². The first-order valence-electron chi connectivity index (χ1n) is 3.44. The first-order valence-corrected chi connectivity index (χ1v) is 3.44. The van der Waals surface area contributed by atoms with E-state index < -0.39 is 0 Å². The molecule has 11 heavy (non-hydrogen) atoms. The molecule has 0 aromatic rings. The van der Waals surface area contributed by atoms with Gasteiger partial charge in [-0.1, -0.05) is 18.2 Å². The summed E-state index contributed by atoms with van der Waals surface area (Å²) in [5, 5.41) is 9.29. The molecule has 0 fully saturated rings. The van der Waals surface area contributed by atoms with Gasteiger partial charge in [0.2, 0.25) is 0 Å². The van der Waals surface area contributed by atoms with Crippen molar-refractivity contribution in [2.45, 2.75) is 20.8 Å². The van der Waals surface area contributed by atoms with Gasteiger partial charge in [0.25, 0.3) is 0 Å². The van der Waals surface area contributed by atoms with Gasteiger partial charge in [-0.3, -0.25) is 0 Å². The fourth-order valence-corrected chi connectivity index (χ4v) is 0.749. The quantitative estimate of drug-likeness (QED) is 0.472. The second-order valence-corrected chi connectivity index (χ2v) is 2.71. The maximum atomic E-state index is 9.29. The van der Waals surface area contributed by atoms with Crippen molar-refractivity contribution in [2.24, 2.45) is 5.73 Å². The normalized spacial score (nSPS) is 14.3. The third-order valence-electron chi connectivity index (χ3n) is 1.21. The number of aliphatic hydroxyl groups excluding tert-OH is 1. The number of allylic oxidation sites excluding steroid dienone is 4. The minimum absolute atomic E-state index is 0.146. The summed E-state index contributed by atoms with van der Waals surface area (Å²) in [6, 6.07) is 0. The average molecular weight is 153 g/mol. The van der Waals surface area contributed by atoms with Gasteiger partial charge in [0, 0.05) is 5.70 Å². The van der Waals surface area contributed by atoms with Crippen LogP contribution in [-0.2, 0) is 0 Å². The summed E-state index contributed by atoms with van der Waals surface area (Å²) in [5.74, 6) is 0.146. The predicted octanol–water partition coefficient (Wildman–Crippen LogP) is 2.26. The van der Waals surface area contributed by atoms with E-state index in [1.807, 2.05) is 6.92 Å². The number of hydrogen-bond acceptors (Lipinski definition) is 2. The summed E-state index contributed by atoms with van der Waals surface area (Å²) >= 11 is 0. The molecule has 0 amide bonds. The molecule has 3 N–H and O–H groups in total. The third-order valence-corrected chi connectivity index (χ3v) is 1.21. The predicted molar refractivity (Wildman–Crippen MR) is 48.1 cm³/mol. The zero-order chi connectivity index (χ0) is 9.02. The second kappa shape index (κ2) is 3.86. The van der Waals surface area contributed by atoms with Gasteiger partial charge in [-0.05, 0) is 26.3 Å². The Hall–Kier alpha value is -1.18. The molecule has 0 aromatic heterocycles. The molecule has 0 saturated carbocycles. The summed E-state index contributed by atoms with van der Waals surface area (Å²) in [6.07, 6.45) is 1.78. The van der Waals surface area contributed by atoms with Crippen LogP contribution in [0.5, 0.6) is 0 Å². The van der Waals surface area contributed by atoms with E-state index in [2.05, 4.69) is 6.58 Å². The van der Waals surface area contributed by atoms with Crippen LogP contribution in [0, 0.1) is 0 Å². The summed E-state index contributed by atoms with van der Waals surface area (Å²) in [6.45, 7) is 9.00. The Bertz CT molecular complexity index is 220. The third kappa shape index (κ3) is 3.50. The van der Waals surface area contributed by atoms with E-state index in [1.165, 1.54) is 0 Å². The number of aliphatic hydroxyl groups is 1. The van der Waals surface area contributed by atoms with Crippen molar-refractivity contribution in [1.29, 1.82) is 0 Å². The molecule has 0 bridgehead atoms. The largest absolute Gasteiger partial charge is 0.506 e. The fraction of sp³-hybridized carbons (Fsp3) is 0.333. The molecule has 0 heterocycles. The van der Waals surface area contributed by atoms with Crippen LogP contribution in [0.4, 0.5) is 0 Å². The maximum Gasteiger partial charge on any atom is 0.136 e. The molecule has 62 valence electrons. The molecular weight excluding hydrogens is 138 g/mol. The molecule has 0 rings (SSSR count). The molecule has 0 aromatic carbocycles. The van der Waals surface area contributed by atoms with Gasteiger partial charge in [0.05, 0.1) is 0 Å². The van der Waals surface area contributed by atoms with Crippen LogP contribution < -0.4 is 5.73 Å². The lowest BCUT2D eigenvalue weighted by molar-refractivity contribution is 0.415. The summed E-state index contributed by atoms with van der Waals surface area (Å²) in [4.78, 5) is 0. The van der Waals surface area contributed by atoms with Crippen LogP contribution in [0.2, 0.25) is 0 Å². The van der Waals surface area contributed by atoms with Crippen molar-refractivity contribution in [2.75, 3.05) is 0 Å². The molecule has 0 aliphatic rings. The first-order chi connectivity index (χ1) is 4.95. The highest BCUT2D eigenvalue weighted by Crippen LogP contribution is 2.09. The molecule has 0 aliphatic carbocycles. The van der Waals surface area contributed by atoms with E-state index in [4.69, 9.17) is 5.73 Å². The Kier molecular flexibility index (Phi) is 3.45. The highest BCUT2D eigenvalue weighted by atomic mass is 16.3. The van der Waals surface area contributed by atoms with Gasteiger partial charge in [-0.15, -0.1) is 0 Å². The molecule has 0 radical (unpaired) electrons. The van der Waals surface area contributed by atoms with Gasteiger partial charge in [0.1, 0.15) is 5.76 Å². The number of rotatable bonds is 2. The Morgan fingerprint density at radius 3 is 2.09 bits per heavy atom. The lowest BCUT2D eigenvalue weighted by Gasteiger charge is -2.01. The van der Waals surface area contributed by atoms with E-state index >= 15 is 0 Å². The standard InChI is InChI=1S/C9H15NO/c1-6(2)5-7(3)9(11)8(4)10/h5,11H,1,10H2,2-4H3/b7-5-,9-8+. The smallest absolute Gasteiger partial charge is 0.136 e. The van der Waals surface area contributed by atoms with Gasteiger partial charge >= 0.3 is 0 Å². The van der Waals surface area contributed by atoms with E-state index in [1.54, 1.807) is 19.9 Å².